The van der Waals surface area contributed by atoms with E-state index in [-0.39, 0.29) is 0 Å². The van der Waals surface area contributed by atoms with Gasteiger partial charge in [-0.3, -0.25) is 9.80 Å². The van der Waals surface area contributed by atoms with Crippen LogP contribution >= 0.6 is 0 Å². The molecular formula is C11H22N2Si. The number of likely N-dealkylation sites (tertiary alicyclic amines) is 2. The minimum atomic E-state index is 0.603. The highest BCUT2D eigenvalue weighted by Gasteiger charge is 2.29. The summed E-state index contributed by atoms with van der Waals surface area (Å²) in [5, 5.41) is 1.47. The zero-order valence-corrected chi connectivity index (χ0v) is 11.3. The second kappa shape index (κ2) is 4.60. The molecule has 0 atom stereocenters. The molecule has 0 aliphatic carbocycles. The third kappa shape index (κ3) is 2.10. The van der Waals surface area contributed by atoms with Gasteiger partial charge in [-0.15, -0.1) is 6.58 Å². The van der Waals surface area contributed by atoms with Crippen LogP contribution in [0.3, 0.4) is 0 Å². The first kappa shape index (κ1) is 10.4. The average molecular weight is 210 g/mol. The summed E-state index contributed by atoms with van der Waals surface area (Å²) in [7, 11) is 1.14. The maximum Gasteiger partial charge on any atom is 0.0796 e. The van der Waals surface area contributed by atoms with E-state index in [2.05, 4.69) is 16.4 Å². The van der Waals surface area contributed by atoms with Gasteiger partial charge in [0.1, 0.15) is 0 Å². The highest BCUT2D eigenvalue weighted by atomic mass is 28.1. The van der Waals surface area contributed by atoms with Crippen molar-refractivity contribution in [2.24, 2.45) is 0 Å². The van der Waals surface area contributed by atoms with Gasteiger partial charge in [-0.25, -0.2) is 0 Å². The predicted octanol–water partition coefficient (Wildman–Crippen LogP) is 0.383. The van der Waals surface area contributed by atoms with E-state index in [1.165, 1.54) is 57.1 Å². The largest absolute Gasteiger partial charge is 0.285 e. The standard InChI is InChI=1S/C11H22N2Si/c1-10(14)11(12-6-2-3-7-12)13-8-4-5-9-13/h11H,1-9H2,14H3. The molecule has 0 amide bonds. The topological polar surface area (TPSA) is 6.48 Å². The Morgan fingerprint density at radius 1 is 0.929 bits per heavy atom. The summed E-state index contributed by atoms with van der Waals surface area (Å²) in [4.78, 5) is 5.28. The van der Waals surface area contributed by atoms with Gasteiger partial charge in [0.2, 0.25) is 0 Å². The summed E-state index contributed by atoms with van der Waals surface area (Å²) >= 11 is 0. The molecule has 3 heteroatoms. The van der Waals surface area contributed by atoms with Crippen molar-refractivity contribution < 1.29 is 0 Å². The van der Waals surface area contributed by atoms with E-state index in [0.29, 0.717) is 6.17 Å². The maximum atomic E-state index is 4.22. The van der Waals surface area contributed by atoms with Gasteiger partial charge in [-0.1, -0.05) is 5.20 Å². The molecule has 2 fully saturated rings. The molecule has 0 radical (unpaired) electrons. The van der Waals surface area contributed by atoms with E-state index in [0.717, 1.165) is 10.2 Å². The molecule has 2 heterocycles. The first-order chi connectivity index (χ1) is 6.79. The van der Waals surface area contributed by atoms with Crippen molar-refractivity contribution in [3.05, 3.63) is 11.8 Å². The van der Waals surface area contributed by atoms with Crippen LogP contribution in [0.2, 0.25) is 0 Å². The van der Waals surface area contributed by atoms with Gasteiger partial charge in [0, 0.05) is 10.2 Å². The number of nitrogens with zero attached hydrogens (tertiary/aromatic N) is 2. The monoisotopic (exact) mass is 210 g/mol. The lowest BCUT2D eigenvalue weighted by Crippen LogP contribution is -2.47. The third-order valence-electron chi connectivity index (χ3n) is 3.41. The van der Waals surface area contributed by atoms with E-state index in [1.54, 1.807) is 0 Å². The molecule has 2 saturated heterocycles. The molecule has 0 aromatic heterocycles. The first-order valence-corrected chi connectivity index (χ1v) is 6.92. The van der Waals surface area contributed by atoms with Crippen LogP contribution in [0.5, 0.6) is 0 Å². The number of hydrogen-bond donors (Lipinski definition) is 0. The Kier molecular flexibility index (Phi) is 3.41. The fourth-order valence-electron chi connectivity index (χ4n) is 2.83. The summed E-state index contributed by atoms with van der Waals surface area (Å²) in [6, 6.07) is 0. The zero-order chi connectivity index (χ0) is 9.97. The van der Waals surface area contributed by atoms with Crippen LogP contribution in [0.4, 0.5) is 0 Å². The van der Waals surface area contributed by atoms with Gasteiger partial charge in [-0.2, -0.15) is 0 Å². The van der Waals surface area contributed by atoms with Crippen LogP contribution in [0.25, 0.3) is 0 Å². The van der Waals surface area contributed by atoms with Crippen molar-refractivity contribution in [3.8, 4) is 0 Å². The highest BCUT2D eigenvalue weighted by molar-refractivity contribution is 6.21. The van der Waals surface area contributed by atoms with Crippen LogP contribution in [0, 0.1) is 0 Å². The number of hydrogen-bond acceptors (Lipinski definition) is 2. The van der Waals surface area contributed by atoms with E-state index >= 15 is 0 Å². The van der Waals surface area contributed by atoms with Crippen molar-refractivity contribution in [1.29, 1.82) is 0 Å². The van der Waals surface area contributed by atoms with Crippen LogP contribution in [-0.2, 0) is 0 Å². The first-order valence-electron chi connectivity index (χ1n) is 5.92. The van der Waals surface area contributed by atoms with E-state index in [1.807, 2.05) is 0 Å². The van der Waals surface area contributed by atoms with E-state index in [9.17, 15) is 0 Å². The molecule has 2 aliphatic rings. The Bertz CT molecular complexity index is 189. The van der Waals surface area contributed by atoms with Crippen LogP contribution < -0.4 is 0 Å². The molecule has 0 aromatic carbocycles. The molecular weight excluding hydrogens is 188 g/mol. The highest BCUT2D eigenvalue weighted by Crippen LogP contribution is 2.22. The Morgan fingerprint density at radius 3 is 1.57 bits per heavy atom. The Morgan fingerprint density at radius 2 is 1.29 bits per heavy atom. The fraction of sp³-hybridized carbons (Fsp3) is 0.818. The normalized spacial score (nSPS) is 25.2. The van der Waals surface area contributed by atoms with Crippen molar-refractivity contribution >= 4 is 10.2 Å². The quantitative estimate of drug-likeness (QED) is 0.622. The molecule has 0 aromatic rings. The van der Waals surface area contributed by atoms with Gasteiger partial charge >= 0.3 is 0 Å². The summed E-state index contributed by atoms with van der Waals surface area (Å²) < 4.78 is 0. The lowest BCUT2D eigenvalue weighted by molar-refractivity contribution is 0.115. The second-order valence-corrected chi connectivity index (χ2v) is 5.99. The Balaban J connectivity index is 2.02. The third-order valence-corrected chi connectivity index (χ3v) is 3.93. The Labute approximate surface area is 90.4 Å². The van der Waals surface area contributed by atoms with Gasteiger partial charge in [-0.05, 0) is 51.9 Å². The van der Waals surface area contributed by atoms with Crippen LogP contribution in [-0.4, -0.2) is 52.4 Å². The molecule has 0 bridgehead atoms. The average Bonchev–Trinajstić information content (AvgIpc) is 2.75. The summed E-state index contributed by atoms with van der Waals surface area (Å²) in [5.41, 5.74) is 0. The van der Waals surface area contributed by atoms with Crippen LogP contribution in [0.15, 0.2) is 11.8 Å². The lowest BCUT2D eigenvalue weighted by Gasteiger charge is -2.35. The summed E-state index contributed by atoms with van der Waals surface area (Å²) in [6.07, 6.45) is 6.16. The lowest BCUT2D eigenvalue weighted by atomic mass is 10.3. The molecule has 0 unspecified atom stereocenters. The number of rotatable bonds is 3. The molecule has 0 saturated carbocycles. The molecule has 2 rings (SSSR count). The predicted molar refractivity (Wildman–Crippen MR) is 64.5 cm³/mol. The van der Waals surface area contributed by atoms with E-state index < -0.39 is 0 Å². The molecule has 80 valence electrons. The van der Waals surface area contributed by atoms with Crippen molar-refractivity contribution in [2.45, 2.75) is 31.8 Å². The zero-order valence-electron chi connectivity index (χ0n) is 9.34. The molecule has 0 N–H and O–H groups in total. The van der Waals surface area contributed by atoms with Crippen molar-refractivity contribution in [1.82, 2.24) is 9.80 Å². The minimum absolute atomic E-state index is 0.603. The summed E-state index contributed by atoms with van der Waals surface area (Å²) in [5.74, 6) is 0. The molecule has 0 spiro atoms. The molecule has 2 aliphatic heterocycles. The van der Waals surface area contributed by atoms with Gasteiger partial charge in [0.15, 0.2) is 0 Å². The van der Waals surface area contributed by atoms with Gasteiger partial charge in [0.25, 0.3) is 0 Å². The van der Waals surface area contributed by atoms with E-state index in [4.69, 9.17) is 0 Å². The summed E-state index contributed by atoms with van der Waals surface area (Å²) in [6.45, 7) is 9.40. The van der Waals surface area contributed by atoms with Crippen LogP contribution in [0.1, 0.15) is 25.7 Å². The van der Waals surface area contributed by atoms with Crippen molar-refractivity contribution in [2.75, 3.05) is 26.2 Å². The fourth-order valence-corrected chi connectivity index (χ4v) is 3.56. The van der Waals surface area contributed by atoms with Crippen molar-refractivity contribution in [3.63, 3.8) is 0 Å². The molecule has 14 heavy (non-hydrogen) atoms. The Hall–Kier alpha value is -0.123. The van der Waals surface area contributed by atoms with Gasteiger partial charge in [0.05, 0.1) is 6.17 Å². The smallest absolute Gasteiger partial charge is 0.0796 e. The minimum Gasteiger partial charge on any atom is -0.285 e. The molecule has 2 nitrogen and oxygen atoms in total. The second-order valence-electron chi connectivity index (χ2n) is 4.71. The SMILES string of the molecule is C=C([SiH3])C(N1CCCC1)N1CCCC1. The maximum absolute atomic E-state index is 4.22. The van der Waals surface area contributed by atoms with Gasteiger partial charge < -0.3 is 0 Å².